The number of imide groups is 1. The van der Waals surface area contributed by atoms with Crippen LogP contribution in [0.25, 0.3) is 0 Å². The number of hydrogen-bond donors (Lipinski definition) is 1. The number of fused-ring (bicyclic) bond motifs is 2. The van der Waals surface area contributed by atoms with E-state index in [1.165, 1.54) is 5.56 Å². The van der Waals surface area contributed by atoms with E-state index in [1.807, 2.05) is 30.3 Å². The summed E-state index contributed by atoms with van der Waals surface area (Å²) in [5.74, 6) is -0.536. The maximum absolute atomic E-state index is 13.2. The van der Waals surface area contributed by atoms with Crippen LogP contribution in [0.15, 0.2) is 48.5 Å². The Morgan fingerprint density at radius 3 is 2.55 bits per heavy atom. The minimum Gasteiger partial charge on any atom is -0.493 e. The summed E-state index contributed by atoms with van der Waals surface area (Å²) in [7, 11) is 0. The molecule has 1 N–H and O–H groups in total. The van der Waals surface area contributed by atoms with Crippen LogP contribution in [-0.4, -0.2) is 36.0 Å². The molecule has 1 atom stereocenters. The molecule has 2 aliphatic rings. The van der Waals surface area contributed by atoms with Crippen molar-refractivity contribution in [3.63, 3.8) is 0 Å². The molecule has 1 spiro atoms. The van der Waals surface area contributed by atoms with E-state index < -0.39 is 30.0 Å². The molecule has 0 unspecified atom stereocenters. The second kappa shape index (κ2) is 7.72. The summed E-state index contributed by atoms with van der Waals surface area (Å²) in [4.78, 5) is 39.0. The minimum atomic E-state index is -1.20. The lowest BCUT2D eigenvalue weighted by atomic mass is 9.84. The standard InChI is InChI=1S/C24H26N2O5/c1-23(2,3)17-10-8-16(9-11-17)15-31-20(27)14-26-21(28)24(25-22(26)29)12-13-30-19-7-5-4-6-18(19)24/h4-11H,12-15H2,1-3H3,(H,25,29)/t24-/m1/s1. The summed E-state index contributed by atoms with van der Waals surface area (Å²) in [6.45, 7) is 6.33. The molecule has 0 bridgehead atoms. The lowest BCUT2D eigenvalue weighted by Gasteiger charge is -2.33. The summed E-state index contributed by atoms with van der Waals surface area (Å²) < 4.78 is 10.9. The van der Waals surface area contributed by atoms with E-state index in [0.717, 1.165) is 10.5 Å². The van der Waals surface area contributed by atoms with Crippen LogP contribution < -0.4 is 10.1 Å². The lowest BCUT2D eigenvalue weighted by molar-refractivity contribution is -0.149. The molecule has 162 valence electrons. The first-order valence-corrected chi connectivity index (χ1v) is 10.3. The molecule has 31 heavy (non-hydrogen) atoms. The Kier molecular flexibility index (Phi) is 5.21. The summed E-state index contributed by atoms with van der Waals surface area (Å²) in [6.07, 6.45) is 0.306. The van der Waals surface area contributed by atoms with Crippen LogP contribution in [0.2, 0.25) is 0 Å². The fourth-order valence-corrected chi connectivity index (χ4v) is 3.96. The highest BCUT2D eigenvalue weighted by molar-refractivity contribution is 6.09. The zero-order valence-electron chi connectivity index (χ0n) is 17.9. The second-order valence-corrected chi connectivity index (χ2v) is 8.93. The van der Waals surface area contributed by atoms with E-state index in [4.69, 9.17) is 9.47 Å². The molecule has 2 aliphatic heterocycles. The van der Waals surface area contributed by atoms with Gasteiger partial charge in [-0.25, -0.2) is 4.79 Å². The van der Waals surface area contributed by atoms with Crippen molar-refractivity contribution in [2.45, 2.75) is 44.8 Å². The Bertz CT molecular complexity index is 1030. The molecular formula is C24H26N2O5. The van der Waals surface area contributed by atoms with Gasteiger partial charge in [0.2, 0.25) is 0 Å². The van der Waals surface area contributed by atoms with E-state index in [2.05, 4.69) is 26.1 Å². The fourth-order valence-electron chi connectivity index (χ4n) is 3.96. The molecule has 4 rings (SSSR count). The van der Waals surface area contributed by atoms with Crippen LogP contribution in [-0.2, 0) is 31.9 Å². The largest absolute Gasteiger partial charge is 0.493 e. The van der Waals surface area contributed by atoms with Crippen molar-refractivity contribution < 1.29 is 23.9 Å². The molecule has 2 aromatic carbocycles. The van der Waals surface area contributed by atoms with Gasteiger partial charge in [0.1, 0.15) is 18.9 Å². The van der Waals surface area contributed by atoms with Gasteiger partial charge in [-0.15, -0.1) is 0 Å². The number of esters is 1. The summed E-state index contributed by atoms with van der Waals surface area (Å²) in [5, 5.41) is 2.77. The van der Waals surface area contributed by atoms with Gasteiger partial charge < -0.3 is 14.8 Å². The third-order valence-electron chi connectivity index (χ3n) is 5.76. The number of ether oxygens (including phenoxy) is 2. The van der Waals surface area contributed by atoms with Crippen molar-refractivity contribution in [3.05, 3.63) is 65.2 Å². The van der Waals surface area contributed by atoms with E-state index in [0.29, 0.717) is 24.3 Å². The third kappa shape index (κ3) is 3.87. The fraction of sp³-hybridized carbons (Fsp3) is 0.375. The Labute approximate surface area is 181 Å². The SMILES string of the molecule is CC(C)(C)c1ccc(COC(=O)CN2C(=O)N[C@@]3(CCOc4ccccc43)C2=O)cc1. The Balaban J connectivity index is 1.41. The lowest BCUT2D eigenvalue weighted by Crippen LogP contribution is -2.47. The van der Waals surface area contributed by atoms with Crippen molar-refractivity contribution in [1.29, 1.82) is 0 Å². The zero-order chi connectivity index (χ0) is 22.2. The molecule has 0 aliphatic carbocycles. The van der Waals surface area contributed by atoms with Gasteiger partial charge >= 0.3 is 12.0 Å². The van der Waals surface area contributed by atoms with Crippen molar-refractivity contribution in [2.24, 2.45) is 0 Å². The van der Waals surface area contributed by atoms with Crippen molar-refractivity contribution >= 4 is 17.9 Å². The van der Waals surface area contributed by atoms with Gasteiger partial charge in [0, 0.05) is 12.0 Å². The van der Waals surface area contributed by atoms with Gasteiger partial charge in [-0.1, -0.05) is 63.2 Å². The van der Waals surface area contributed by atoms with Gasteiger partial charge in [0.15, 0.2) is 5.54 Å². The number of amides is 3. The van der Waals surface area contributed by atoms with Gasteiger partial charge in [-0.2, -0.15) is 0 Å². The molecular weight excluding hydrogens is 396 g/mol. The minimum absolute atomic E-state index is 0.0391. The number of para-hydroxylation sites is 1. The number of benzene rings is 2. The molecule has 3 amide bonds. The molecule has 1 fully saturated rings. The van der Waals surface area contributed by atoms with Crippen molar-refractivity contribution in [3.8, 4) is 5.75 Å². The molecule has 1 saturated heterocycles. The van der Waals surface area contributed by atoms with Crippen molar-refractivity contribution in [1.82, 2.24) is 10.2 Å². The van der Waals surface area contributed by atoms with E-state index in [-0.39, 0.29) is 12.0 Å². The van der Waals surface area contributed by atoms with E-state index in [9.17, 15) is 14.4 Å². The molecule has 7 heteroatoms. The molecule has 0 saturated carbocycles. The third-order valence-corrected chi connectivity index (χ3v) is 5.76. The molecule has 2 heterocycles. The predicted octanol–water partition coefficient (Wildman–Crippen LogP) is 3.26. The molecule has 0 radical (unpaired) electrons. The van der Waals surface area contributed by atoms with Gasteiger partial charge in [0.05, 0.1) is 6.61 Å². The first-order chi connectivity index (χ1) is 14.7. The summed E-state index contributed by atoms with van der Waals surface area (Å²) in [5.41, 5.74) is 1.47. The number of urea groups is 1. The van der Waals surface area contributed by atoms with Crippen LogP contribution in [0.4, 0.5) is 4.79 Å². The van der Waals surface area contributed by atoms with Crippen LogP contribution >= 0.6 is 0 Å². The Morgan fingerprint density at radius 1 is 1.13 bits per heavy atom. The number of rotatable bonds is 4. The Morgan fingerprint density at radius 2 is 1.84 bits per heavy atom. The summed E-state index contributed by atoms with van der Waals surface area (Å²) >= 11 is 0. The average molecular weight is 422 g/mol. The smallest absolute Gasteiger partial charge is 0.326 e. The second-order valence-electron chi connectivity index (χ2n) is 8.93. The monoisotopic (exact) mass is 422 g/mol. The zero-order valence-corrected chi connectivity index (χ0v) is 17.9. The van der Waals surface area contributed by atoms with Crippen LogP contribution in [0.1, 0.15) is 43.9 Å². The number of hydrogen-bond acceptors (Lipinski definition) is 5. The predicted molar refractivity (Wildman–Crippen MR) is 113 cm³/mol. The van der Waals surface area contributed by atoms with E-state index >= 15 is 0 Å². The molecule has 2 aromatic rings. The van der Waals surface area contributed by atoms with Gasteiger partial charge in [-0.05, 0) is 22.6 Å². The van der Waals surface area contributed by atoms with Crippen molar-refractivity contribution in [2.75, 3.05) is 13.2 Å². The highest BCUT2D eigenvalue weighted by Gasteiger charge is 2.55. The van der Waals surface area contributed by atoms with Crippen LogP contribution in [0.5, 0.6) is 5.75 Å². The van der Waals surface area contributed by atoms with Crippen LogP contribution in [0.3, 0.4) is 0 Å². The number of carbonyl (C=O) groups is 3. The quantitative estimate of drug-likeness (QED) is 0.604. The normalized spacial score (nSPS) is 20.3. The highest BCUT2D eigenvalue weighted by atomic mass is 16.5. The number of nitrogens with one attached hydrogen (secondary N) is 1. The topological polar surface area (TPSA) is 84.9 Å². The molecule has 7 nitrogen and oxygen atoms in total. The average Bonchev–Trinajstić information content (AvgIpc) is 2.97. The highest BCUT2D eigenvalue weighted by Crippen LogP contribution is 2.40. The van der Waals surface area contributed by atoms with Crippen LogP contribution in [0, 0.1) is 0 Å². The molecule has 0 aromatic heterocycles. The summed E-state index contributed by atoms with van der Waals surface area (Å²) in [6, 6.07) is 14.4. The maximum atomic E-state index is 13.2. The van der Waals surface area contributed by atoms with Gasteiger partial charge in [0.25, 0.3) is 5.91 Å². The number of carbonyl (C=O) groups excluding carboxylic acids is 3. The first-order valence-electron chi connectivity index (χ1n) is 10.3. The number of nitrogens with zero attached hydrogens (tertiary/aromatic N) is 1. The van der Waals surface area contributed by atoms with Gasteiger partial charge in [-0.3, -0.25) is 14.5 Å². The maximum Gasteiger partial charge on any atom is 0.326 e. The van der Waals surface area contributed by atoms with E-state index in [1.54, 1.807) is 18.2 Å². The first kappa shape index (κ1) is 20.9. The Hall–Kier alpha value is -3.35.